The van der Waals surface area contributed by atoms with Crippen molar-refractivity contribution in [2.24, 2.45) is 11.5 Å². The first-order valence-corrected chi connectivity index (χ1v) is 16.1. The molecule has 11 heteroatoms. The lowest BCUT2D eigenvalue weighted by Crippen LogP contribution is -2.43. The SMILES string of the molecule is CI.CN(C(=O)C(NC(=O)C(c1ccccc1)c1ccccc1)c1cccc(NC(N)=S)c1)c1ccc(CNC(N)=O)cc1. The average Bonchev–Trinajstić information content (AvgIpc) is 3.04. The Bertz CT molecular complexity index is 1520. The number of primary amides is 1. The molecule has 4 rings (SSSR count). The Morgan fingerprint density at radius 3 is 1.86 bits per heavy atom. The van der Waals surface area contributed by atoms with Crippen molar-refractivity contribution in [2.75, 3.05) is 22.2 Å². The number of hydrogen-bond donors (Lipinski definition) is 5. The van der Waals surface area contributed by atoms with Crippen LogP contribution in [0.2, 0.25) is 0 Å². The van der Waals surface area contributed by atoms with Crippen molar-refractivity contribution in [1.29, 1.82) is 0 Å². The molecule has 1 atom stereocenters. The summed E-state index contributed by atoms with van der Waals surface area (Å²) in [6.07, 6.45) is 0. The first-order chi connectivity index (χ1) is 21.2. The maximum Gasteiger partial charge on any atom is 0.312 e. The maximum absolute atomic E-state index is 14.1. The zero-order chi connectivity index (χ0) is 32.1. The zero-order valence-electron chi connectivity index (χ0n) is 24.4. The minimum Gasteiger partial charge on any atom is -0.376 e. The first kappa shape index (κ1) is 34.0. The Hall–Kier alpha value is -4.49. The number of likely N-dealkylation sites (N-methyl/N-ethyl adjacent to an activating group) is 1. The van der Waals surface area contributed by atoms with E-state index in [0.29, 0.717) is 16.9 Å². The highest BCUT2D eigenvalue weighted by Crippen LogP contribution is 2.28. The quantitative estimate of drug-likeness (QED) is 0.0865. The van der Waals surface area contributed by atoms with Crippen molar-refractivity contribution < 1.29 is 14.4 Å². The predicted octanol–water partition coefficient (Wildman–Crippen LogP) is 5.21. The molecule has 0 saturated heterocycles. The van der Waals surface area contributed by atoms with Gasteiger partial charge >= 0.3 is 6.03 Å². The van der Waals surface area contributed by atoms with E-state index >= 15 is 0 Å². The summed E-state index contributed by atoms with van der Waals surface area (Å²) in [5, 5.41) is 8.53. The number of amides is 4. The molecular formula is C33H35IN6O3S. The highest BCUT2D eigenvalue weighted by molar-refractivity contribution is 14.1. The third-order valence-corrected chi connectivity index (χ3v) is 6.77. The molecule has 0 fully saturated rings. The highest BCUT2D eigenvalue weighted by Gasteiger charge is 2.31. The molecule has 0 saturated carbocycles. The number of carbonyl (C=O) groups is 3. The summed E-state index contributed by atoms with van der Waals surface area (Å²) in [5.74, 6) is -1.35. The van der Waals surface area contributed by atoms with Gasteiger partial charge in [0, 0.05) is 25.0 Å². The van der Waals surface area contributed by atoms with Crippen molar-refractivity contribution in [2.45, 2.75) is 18.5 Å². The Kier molecular flexibility index (Phi) is 13.1. The lowest BCUT2D eigenvalue weighted by atomic mass is 9.90. The summed E-state index contributed by atoms with van der Waals surface area (Å²) in [5.41, 5.74) is 15.0. The smallest absolute Gasteiger partial charge is 0.312 e. The third-order valence-electron chi connectivity index (χ3n) is 6.67. The molecule has 0 bridgehead atoms. The van der Waals surface area contributed by atoms with Gasteiger partial charge in [0.15, 0.2) is 5.11 Å². The molecule has 0 radical (unpaired) electrons. The number of halogens is 1. The van der Waals surface area contributed by atoms with Crippen LogP contribution in [0.4, 0.5) is 16.2 Å². The third kappa shape index (κ3) is 9.51. The summed E-state index contributed by atoms with van der Waals surface area (Å²) >= 11 is 7.14. The Morgan fingerprint density at radius 2 is 1.34 bits per heavy atom. The molecule has 0 aromatic heterocycles. The standard InChI is InChI=1S/C32H32N6O3S.CH3I/c1-38(26-17-15-21(16-18-26)20-35-31(33)41)30(40)28(24-13-8-14-25(19-24)36-32(34)42)37-29(39)27(22-9-4-2-5-10-22)23-11-6-3-7-12-23;1-2/h2-19,27-28H,20H2,1H3,(H,37,39)(H3,33,35,41)(H3,34,36,42);1H3. The van der Waals surface area contributed by atoms with E-state index < -0.39 is 18.0 Å². The molecule has 4 aromatic carbocycles. The molecule has 228 valence electrons. The molecule has 7 N–H and O–H groups in total. The van der Waals surface area contributed by atoms with Crippen LogP contribution in [0.15, 0.2) is 109 Å². The van der Waals surface area contributed by atoms with Gasteiger partial charge in [0.2, 0.25) is 5.91 Å². The topological polar surface area (TPSA) is 143 Å². The molecule has 9 nitrogen and oxygen atoms in total. The number of alkyl halides is 1. The van der Waals surface area contributed by atoms with Crippen molar-refractivity contribution in [1.82, 2.24) is 10.6 Å². The van der Waals surface area contributed by atoms with E-state index in [1.165, 1.54) is 4.90 Å². The van der Waals surface area contributed by atoms with E-state index in [-0.39, 0.29) is 23.5 Å². The predicted molar refractivity (Wildman–Crippen MR) is 189 cm³/mol. The summed E-state index contributed by atoms with van der Waals surface area (Å²) in [7, 11) is 1.64. The number of nitrogens with zero attached hydrogens (tertiary/aromatic N) is 1. The van der Waals surface area contributed by atoms with Crippen molar-refractivity contribution in [3.8, 4) is 0 Å². The number of thiocarbonyl (C=S) groups is 1. The molecule has 0 aliphatic rings. The molecule has 0 heterocycles. The van der Waals surface area contributed by atoms with Gasteiger partial charge in [-0.05, 0) is 63.7 Å². The lowest BCUT2D eigenvalue weighted by Gasteiger charge is -2.27. The molecule has 4 amide bonds. The van der Waals surface area contributed by atoms with E-state index in [1.807, 2.05) is 65.6 Å². The summed E-state index contributed by atoms with van der Waals surface area (Å²) in [4.78, 5) is 42.6. The molecular weight excluding hydrogens is 687 g/mol. The minimum absolute atomic E-state index is 0.0790. The fourth-order valence-electron chi connectivity index (χ4n) is 4.59. The van der Waals surface area contributed by atoms with Crippen LogP contribution >= 0.6 is 34.8 Å². The van der Waals surface area contributed by atoms with Gasteiger partial charge in [0.1, 0.15) is 6.04 Å². The van der Waals surface area contributed by atoms with Crippen LogP contribution in [0, 0.1) is 0 Å². The van der Waals surface area contributed by atoms with Gasteiger partial charge in [-0.2, -0.15) is 0 Å². The van der Waals surface area contributed by atoms with Crippen molar-refractivity contribution >= 4 is 69.1 Å². The van der Waals surface area contributed by atoms with Crippen LogP contribution in [0.5, 0.6) is 0 Å². The monoisotopic (exact) mass is 722 g/mol. The fraction of sp³-hybridized carbons (Fsp3) is 0.152. The average molecular weight is 723 g/mol. The van der Waals surface area contributed by atoms with Gasteiger partial charge in [-0.3, -0.25) is 9.59 Å². The molecule has 44 heavy (non-hydrogen) atoms. The second kappa shape index (κ2) is 17.0. The van der Waals surface area contributed by atoms with E-state index in [1.54, 1.807) is 55.6 Å². The Morgan fingerprint density at radius 1 is 0.795 bits per heavy atom. The molecule has 0 spiro atoms. The van der Waals surface area contributed by atoms with Crippen LogP contribution in [-0.2, 0) is 16.1 Å². The first-order valence-electron chi connectivity index (χ1n) is 13.6. The maximum atomic E-state index is 14.1. The number of nitrogens with one attached hydrogen (secondary N) is 3. The lowest BCUT2D eigenvalue weighted by molar-refractivity contribution is -0.128. The van der Waals surface area contributed by atoms with Crippen LogP contribution < -0.4 is 32.3 Å². The van der Waals surface area contributed by atoms with Gasteiger partial charge in [0.05, 0.1) is 5.92 Å². The van der Waals surface area contributed by atoms with Crippen molar-refractivity contribution in [3.63, 3.8) is 0 Å². The van der Waals surface area contributed by atoms with E-state index in [2.05, 4.69) is 38.5 Å². The van der Waals surface area contributed by atoms with Gasteiger partial charge in [-0.15, -0.1) is 0 Å². The van der Waals surface area contributed by atoms with Crippen LogP contribution in [0.1, 0.15) is 34.2 Å². The summed E-state index contributed by atoms with van der Waals surface area (Å²) in [6.45, 7) is 0.259. The highest BCUT2D eigenvalue weighted by atomic mass is 127. The second-order valence-corrected chi connectivity index (χ2v) is 10.0. The normalized spacial score (nSPS) is 10.9. The number of benzene rings is 4. The number of carbonyl (C=O) groups excluding carboxylic acids is 3. The van der Waals surface area contributed by atoms with Crippen molar-refractivity contribution in [3.05, 3.63) is 131 Å². The fourth-order valence-corrected chi connectivity index (χ4v) is 4.70. The Labute approximate surface area is 276 Å². The summed E-state index contributed by atoms with van der Waals surface area (Å²) in [6, 6.07) is 31.3. The van der Waals surface area contributed by atoms with E-state index in [0.717, 1.165) is 16.7 Å². The number of nitrogens with two attached hydrogens (primary N) is 2. The number of anilines is 2. The van der Waals surface area contributed by atoms with Crippen LogP contribution in [-0.4, -0.2) is 34.9 Å². The van der Waals surface area contributed by atoms with E-state index in [9.17, 15) is 14.4 Å². The largest absolute Gasteiger partial charge is 0.376 e. The van der Waals surface area contributed by atoms with E-state index in [4.69, 9.17) is 23.7 Å². The minimum atomic E-state index is -1.04. The Balaban J connectivity index is 0.00000259. The molecule has 4 aromatic rings. The number of urea groups is 1. The van der Waals surface area contributed by atoms with Gasteiger partial charge in [0.25, 0.3) is 5.91 Å². The zero-order valence-corrected chi connectivity index (χ0v) is 27.3. The number of rotatable bonds is 10. The summed E-state index contributed by atoms with van der Waals surface area (Å²) < 4.78 is 0. The number of hydrogen-bond acceptors (Lipinski definition) is 4. The molecule has 1 unspecified atom stereocenters. The second-order valence-electron chi connectivity index (χ2n) is 9.59. The van der Waals surface area contributed by atoms with Crippen LogP contribution in [0.3, 0.4) is 0 Å². The van der Waals surface area contributed by atoms with Gasteiger partial charge in [-0.25, -0.2) is 4.79 Å². The molecule has 0 aliphatic carbocycles. The van der Waals surface area contributed by atoms with Crippen LogP contribution in [0.25, 0.3) is 0 Å². The molecule has 0 aliphatic heterocycles. The van der Waals surface area contributed by atoms with Gasteiger partial charge in [-0.1, -0.05) is 108 Å². The van der Waals surface area contributed by atoms with Gasteiger partial charge < -0.3 is 32.3 Å².